The molecule has 24 heavy (non-hydrogen) atoms. The van der Waals surface area contributed by atoms with E-state index in [1.54, 1.807) is 0 Å². The van der Waals surface area contributed by atoms with Crippen molar-refractivity contribution < 1.29 is 14.3 Å². The van der Waals surface area contributed by atoms with Crippen molar-refractivity contribution >= 4 is 22.4 Å². The SMILES string of the molecule is CCCOc1ccc(-c2csc(NC(=O)C3COCCN3)n2)cc1. The van der Waals surface area contributed by atoms with Crippen LogP contribution in [0.25, 0.3) is 11.3 Å². The minimum Gasteiger partial charge on any atom is -0.494 e. The number of amides is 1. The number of hydrogen-bond donors (Lipinski definition) is 2. The Kier molecular flexibility index (Phi) is 5.79. The fourth-order valence-corrected chi connectivity index (χ4v) is 3.05. The molecule has 128 valence electrons. The number of nitrogens with one attached hydrogen (secondary N) is 2. The first-order valence-corrected chi connectivity index (χ1v) is 8.95. The molecule has 6 nitrogen and oxygen atoms in total. The maximum absolute atomic E-state index is 12.2. The van der Waals surface area contributed by atoms with Crippen LogP contribution in [0.2, 0.25) is 0 Å². The zero-order valence-corrected chi connectivity index (χ0v) is 14.4. The van der Waals surface area contributed by atoms with Crippen LogP contribution in [0.1, 0.15) is 13.3 Å². The number of nitrogens with zero attached hydrogens (tertiary/aromatic N) is 1. The van der Waals surface area contributed by atoms with Crippen LogP contribution in [0.3, 0.4) is 0 Å². The molecule has 1 aromatic carbocycles. The van der Waals surface area contributed by atoms with Gasteiger partial charge < -0.3 is 20.1 Å². The number of ether oxygens (including phenoxy) is 2. The van der Waals surface area contributed by atoms with Crippen molar-refractivity contribution in [3.63, 3.8) is 0 Å². The number of morpholine rings is 1. The second-order valence-electron chi connectivity index (χ2n) is 5.48. The van der Waals surface area contributed by atoms with Gasteiger partial charge in [0.25, 0.3) is 0 Å². The lowest BCUT2D eigenvalue weighted by molar-refractivity contribution is -0.120. The van der Waals surface area contributed by atoms with Crippen molar-refractivity contribution in [3.8, 4) is 17.0 Å². The molecule has 1 fully saturated rings. The molecule has 2 aromatic rings. The summed E-state index contributed by atoms with van der Waals surface area (Å²) >= 11 is 1.41. The Morgan fingerprint density at radius 3 is 3.00 bits per heavy atom. The summed E-state index contributed by atoms with van der Waals surface area (Å²) in [6, 6.07) is 7.50. The third kappa shape index (κ3) is 4.31. The van der Waals surface area contributed by atoms with Crippen molar-refractivity contribution in [2.45, 2.75) is 19.4 Å². The van der Waals surface area contributed by atoms with Crippen LogP contribution >= 0.6 is 11.3 Å². The average molecular weight is 347 g/mol. The molecule has 0 bridgehead atoms. The lowest BCUT2D eigenvalue weighted by Gasteiger charge is -2.22. The third-order valence-electron chi connectivity index (χ3n) is 3.60. The normalized spacial score (nSPS) is 17.5. The predicted octanol–water partition coefficient (Wildman–Crippen LogP) is 2.53. The van der Waals surface area contributed by atoms with E-state index in [0.29, 0.717) is 31.5 Å². The first-order valence-electron chi connectivity index (χ1n) is 8.07. The molecule has 3 rings (SSSR count). The topological polar surface area (TPSA) is 72.5 Å². The zero-order valence-electron chi connectivity index (χ0n) is 13.6. The van der Waals surface area contributed by atoms with Crippen molar-refractivity contribution in [1.29, 1.82) is 0 Å². The average Bonchev–Trinajstić information content (AvgIpc) is 3.09. The van der Waals surface area contributed by atoms with E-state index in [0.717, 1.165) is 23.4 Å². The highest BCUT2D eigenvalue weighted by Crippen LogP contribution is 2.26. The number of anilines is 1. The van der Waals surface area contributed by atoms with E-state index in [-0.39, 0.29) is 11.9 Å². The number of thiazole rings is 1. The molecular formula is C17H21N3O3S. The number of hydrogen-bond acceptors (Lipinski definition) is 6. The molecule has 7 heteroatoms. The highest BCUT2D eigenvalue weighted by Gasteiger charge is 2.22. The highest BCUT2D eigenvalue weighted by molar-refractivity contribution is 7.14. The Morgan fingerprint density at radius 1 is 1.46 bits per heavy atom. The Bertz CT molecular complexity index is 666. The van der Waals surface area contributed by atoms with Gasteiger partial charge in [0.1, 0.15) is 11.8 Å². The van der Waals surface area contributed by atoms with Gasteiger partial charge in [-0.15, -0.1) is 11.3 Å². The molecule has 0 spiro atoms. The van der Waals surface area contributed by atoms with Gasteiger partial charge in [-0.25, -0.2) is 4.98 Å². The van der Waals surface area contributed by atoms with Crippen molar-refractivity contribution in [3.05, 3.63) is 29.6 Å². The minimum absolute atomic E-state index is 0.112. The fourth-order valence-electron chi connectivity index (χ4n) is 2.33. The summed E-state index contributed by atoms with van der Waals surface area (Å²) in [5.41, 5.74) is 1.83. The smallest absolute Gasteiger partial charge is 0.245 e. The lowest BCUT2D eigenvalue weighted by atomic mass is 10.2. The second kappa shape index (κ2) is 8.23. The minimum atomic E-state index is -0.318. The van der Waals surface area contributed by atoms with Gasteiger partial charge in [0, 0.05) is 17.5 Å². The molecule has 0 aliphatic carbocycles. The summed E-state index contributed by atoms with van der Waals surface area (Å²) in [6.45, 7) is 4.51. The molecule has 1 aliphatic rings. The van der Waals surface area contributed by atoms with Crippen molar-refractivity contribution in [2.24, 2.45) is 0 Å². The van der Waals surface area contributed by atoms with Gasteiger partial charge in [0.2, 0.25) is 5.91 Å². The van der Waals surface area contributed by atoms with E-state index in [1.807, 2.05) is 29.6 Å². The van der Waals surface area contributed by atoms with Gasteiger partial charge in [-0.3, -0.25) is 4.79 Å². The van der Waals surface area contributed by atoms with Crippen LogP contribution < -0.4 is 15.4 Å². The van der Waals surface area contributed by atoms with Crippen LogP contribution in [-0.4, -0.2) is 43.3 Å². The Morgan fingerprint density at radius 2 is 2.29 bits per heavy atom. The molecule has 2 N–H and O–H groups in total. The second-order valence-corrected chi connectivity index (χ2v) is 6.34. The van der Waals surface area contributed by atoms with E-state index >= 15 is 0 Å². The first kappa shape index (κ1) is 16.9. The predicted molar refractivity (Wildman–Crippen MR) is 94.6 cm³/mol. The molecular weight excluding hydrogens is 326 g/mol. The van der Waals surface area contributed by atoms with E-state index in [9.17, 15) is 4.79 Å². The molecule has 1 atom stereocenters. The number of carbonyl (C=O) groups is 1. The summed E-state index contributed by atoms with van der Waals surface area (Å²) in [4.78, 5) is 16.6. The highest BCUT2D eigenvalue weighted by atomic mass is 32.1. The number of aromatic nitrogens is 1. The molecule has 0 radical (unpaired) electrons. The quantitative estimate of drug-likeness (QED) is 0.840. The maximum Gasteiger partial charge on any atom is 0.245 e. The number of rotatable bonds is 6. The summed E-state index contributed by atoms with van der Waals surface area (Å²) in [5, 5.41) is 8.49. The van der Waals surface area contributed by atoms with Gasteiger partial charge in [-0.05, 0) is 30.7 Å². The van der Waals surface area contributed by atoms with Gasteiger partial charge >= 0.3 is 0 Å². The maximum atomic E-state index is 12.2. The molecule has 1 saturated heterocycles. The Balaban J connectivity index is 1.61. The summed E-state index contributed by atoms with van der Waals surface area (Å²) in [6.07, 6.45) is 0.984. The summed E-state index contributed by atoms with van der Waals surface area (Å²) in [7, 11) is 0. The first-order chi connectivity index (χ1) is 11.8. The van der Waals surface area contributed by atoms with Gasteiger partial charge in [0.15, 0.2) is 5.13 Å². The molecule has 2 heterocycles. The van der Waals surface area contributed by atoms with Crippen molar-refractivity contribution in [1.82, 2.24) is 10.3 Å². The monoisotopic (exact) mass is 347 g/mol. The van der Waals surface area contributed by atoms with E-state index in [1.165, 1.54) is 11.3 Å². The molecule has 1 aromatic heterocycles. The number of carbonyl (C=O) groups excluding carboxylic acids is 1. The van der Waals surface area contributed by atoms with E-state index in [4.69, 9.17) is 9.47 Å². The van der Waals surface area contributed by atoms with Crippen LogP contribution in [-0.2, 0) is 9.53 Å². The molecule has 1 unspecified atom stereocenters. The van der Waals surface area contributed by atoms with Crippen LogP contribution in [0, 0.1) is 0 Å². The standard InChI is InChI=1S/C17H21N3O3S/c1-2-8-23-13-5-3-12(4-6-13)15-11-24-17(19-15)20-16(21)14-10-22-9-7-18-14/h3-6,11,14,18H,2,7-10H2,1H3,(H,19,20,21). The fraction of sp³-hybridized carbons (Fsp3) is 0.412. The van der Waals surface area contributed by atoms with Crippen LogP contribution in [0.4, 0.5) is 5.13 Å². The Labute approximate surface area is 145 Å². The van der Waals surface area contributed by atoms with E-state index in [2.05, 4.69) is 22.5 Å². The summed E-state index contributed by atoms with van der Waals surface area (Å²) < 4.78 is 10.9. The Hall–Kier alpha value is -1.96. The van der Waals surface area contributed by atoms with Crippen LogP contribution in [0.15, 0.2) is 29.6 Å². The summed E-state index contributed by atoms with van der Waals surface area (Å²) in [5.74, 6) is 0.742. The molecule has 0 saturated carbocycles. The van der Waals surface area contributed by atoms with Gasteiger partial charge in [-0.2, -0.15) is 0 Å². The molecule has 1 aliphatic heterocycles. The molecule has 1 amide bonds. The lowest BCUT2D eigenvalue weighted by Crippen LogP contribution is -2.48. The van der Waals surface area contributed by atoms with Gasteiger partial charge in [-0.1, -0.05) is 6.92 Å². The number of benzene rings is 1. The van der Waals surface area contributed by atoms with Gasteiger partial charge in [0.05, 0.1) is 25.5 Å². The zero-order chi connectivity index (χ0) is 16.8. The van der Waals surface area contributed by atoms with E-state index < -0.39 is 0 Å². The largest absolute Gasteiger partial charge is 0.494 e. The van der Waals surface area contributed by atoms with Crippen LogP contribution in [0.5, 0.6) is 5.75 Å². The van der Waals surface area contributed by atoms with Crippen molar-refractivity contribution in [2.75, 3.05) is 31.7 Å². The third-order valence-corrected chi connectivity index (χ3v) is 4.35.